The van der Waals surface area contributed by atoms with Crippen LogP contribution in [-0.2, 0) is 20.9 Å². The molecule has 1 saturated heterocycles. The second-order valence-electron chi connectivity index (χ2n) is 6.06. The molecule has 0 unspecified atom stereocenters. The number of halogens is 1. The van der Waals surface area contributed by atoms with Crippen LogP contribution in [-0.4, -0.2) is 42.0 Å². The largest absolute Gasteiger partial charge is 0.376 e. The number of hydrogen-bond acceptors (Lipinski definition) is 3. The van der Waals surface area contributed by atoms with Gasteiger partial charge in [-0.05, 0) is 37.5 Å². The van der Waals surface area contributed by atoms with Gasteiger partial charge < -0.3 is 15.0 Å². The fourth-order valence-electron chi connectivity index (χ4n) is 2.74. The molecule has 1 heterocycles. The Kier molecular flexibility index (Phi) is 7.06. The van der Waals surface area contributed by atoms with E-state index in [4.69, 9.17) is 16.3 Å². The smallest absolute Gasteiger partial charge is 0.242 e. The molecule has 2 amide bonds. The van der Waals surface area contributed by atoms with E-state index < -0.39 is 6.04 Å². The van der Waals surface area contributed by atoms with Crippen molar-refractivity contribution in [2.24, 2.45) is 0 Å². The predicted molar refractivity (Wildman–Crippen MR) is 93.7 cm³/mol. The summed E-state index contributed by atoms with van der Waals surface area (Å²) in [6.07, 6.45) is 2.45. The molecular weight excluding hydrogens is 328 g/mol. The maximum atomic E-state index is 12.4. The Morgan fingerprint density at radius 3 is 2.67 bits per heavy atom. The highest BCUT2D eigenvalue weighted by atomic mass is 35.5. The highest BCUT2D eigenvalue weighted by molar-refractivity contribution is 6.30. The first-order valence-corrected chi connectivity index (χ1v) is 8.82. The number of carbonyl (C=O) groups is 2. The molecule has 0 aromatic heterocycles. The average molecular weight is 353 g/mol. The average Bonchev–Trinajstić information content (AvgIpc) is 3.11. The molecule has 1 fully saturated rings. The molecule has 0 radical (unpaired) electrons. The van der Waals surface area contributed by atoms with Crippen LogP contribution >= 0.6 is 11.6 Å². The van der Waals surface area contributed by atoms with Crippen LogP contribution in [0.15, 0.2) is 24.3 Å². The summed E-state index contributed by atoms with van der Waals surface area (Å²) in [6.45, 7) is 5.20. The van der Waals surface area contributed by atoms with Crippen LogP contribution < -0.4 is 5.32 Å². The number of ether oxygens (including phenoxy) is 1. The van der Waals surface area contributed by atoms with Gasteiger partial charge in [0, 0.05) is 31.1 Å². The van der Waals surface area contributed by atoms with Gasteiger partial charge in [-0.25, -0.2) is 0 Å². The summed E-state index contributed by atoms with van der Waals surface area (Å²) >= 11 is 5.90. The van der Waals surface area contributed by atoms with Crippen molar-refractivity contribution in [2.75, 3.05) is 13.2 Å². The van der Waals surface area contributed by atoms with E-state index in [-0.39, 0.29) is 17.9 Å². The third-order valence-electron chi connectivity index (χ3n) is 4.26. The number of nitrogens with one attached hydrogen (secondary N) is 1. The zero-order chi connectivity index (χ0) is 17.5. The Bertz CT molecular complexity index is 556. The number of rotatable bonds is 7. The Balaban J connectivity index is 1.98. The van der Waals surface area contributed by atoms with E-state index >= 15 is 0 Å². The Morgan fingerprint density at radius 1 is 1.38 bits per heavy atom. The molecule has 5 nitrogen and oxygen atoms in total. The highest BCUT2D eigenvalue weighted by Crippen LogP contribution is 2.15. The van der Waals surface area contributed by atoms with Crippen molar-refractivity contribution >= 4 is 23.4 Å². The van der Waals surface area contributed by atoms with Crippen LogP contribution in [0.4, 0.5) is 0 Å². The van der Waals surface area contributed by atoms with Gasteiger partial charge in [-0.15, -0.1) is 0 Å². The van der Waals surface area contributed by atoms with Crippen molar-refractivity contribution in [3.05, 3.63) is 34.9 Å². The Morgan fingerprint density at radius 2 is 2.08 bits per heavy atom. The van der Waals surface area contributed by atoms with Crippen molar-refractivity contribution in [1.82, 2.24) is 10.2 Å². The summed E-state index contributed by atoms with van der Waals surface area (Å²) in [5, 5.41) is 3.55. The first-order chi connectivity index (χ1) is 11.5. The number of carbonyl (C=O) groups excluding carboxylic acids is 2. The molecule has 24 heavy (non-hydrogen) atoms. The molecule has 1 aromatic carbocycles. The highest BCUT2D eigenvalue weighted by Gasteiger charge is 2.26. The topological polar surface area (TPSA) is 58.6 Å². The molecule has 1 N–H and O–H groups in total. The molecular formula is C18H25ClN2O3. The molecule has 1 aliphatic rings. The minimum Gasteiger partial charge on any atom is -0.376 e. The van der Waals surface area contributed by atoms with Gasteiger partial charge in [0.25, 0.3) is 0 Å². The standard InChI is InChI=1S/C18H25ClN2O3/c1-3-17(22)21(12-14-6-8-15(19)9-7-14)13(2)18(23)20-11-16-5-4-10-24-16/h6-9,13,16H,3-5,10-12H2,1-2H3,(H,20,23)/t13-,16-/m1/s1. The SMILES string of the molecule is CCC(=O)N(Cc1ccc(Cl)cc1)[C@H](C)C(=O)NC[C@H]1CCCO1. The molecule has 1 aromatic rings. The van der Waals surface area contributed by atoms with E-state index in [0.717, 1.165) is 25.0 Å². The fraction of sp³-hybridized carbons (Fsp3) is 0.556. The van der Waals surface area contributed by atoms with Crippen LogP contribution in [0.1, 0.15) is 38.7 Å². The van der Waals surface area contributed by atoms with E-state index in [1.807, 2.05) is 12.1 Å². The monoisotopic (exact) mass is 352 g/mol. The third kappa shape index (κ3) is 5.21. The molecule has 132 valence electrons. The maximum absolute atomic E-state index is 12.4. The number of nitrogens with zero attached hydrogens (tertiary/aromatic N) is 1. The normalized spacial score (nSPS) is 18.2. The molecule has 1 aliphatic heterocycles. The first kappa shape index (κ1) is 18.7. The summed E-state index contributed by atoms with van der Waals surface area (Å²) in [5.41, 5.74) is 0.944. The van der Waals surface area contributed by atoms with Gasteiger partial charge >= 0.3 is 0 Å². The van der Waals surface area contributed by atoms with E-state index in [9.17, 15) is 9.59 Å². The van der Waals surface area contributed by atoms with Crippen molar-refractivity contribution in [3.8, 4) is 0 Å². The van der Waals surface area contributed by atoms with Crippen LogP contribution in [0.3, 0.4) is 0 Å². The van der Waals surface area contributed by atoms with Crippen molar-refractivity contribution < 1.29 is 14.3 Å². The predicted octanol–water partition coefficient (Wildman–Crippen LogP) is 2.76. The van der Waals surface area contributed by atoms with Crippen molar-refractivity contribution in [2.45, 2.75) is 51.8 Å². The van der Waals surface area contributed by atoms with Gasteiger partial charge in [-0.3, -0.25) is 9.59 Å². The lowest BCUT2D eigenvalue weighted by Crippen LogP contribution is -2.48. The summed E-state index contributed by atoms with van der Waals surface area (Å²) in [4.78, 5) is 26.3. The Hall–Kier alpha value is -1.59. The summed E-state index contributed by atoms with van der Waals surface area (Å²) in [5.74, 6) is -0.203. The molecule has 2 atom stereocenters. The molecule has 0 spiro atoms. The molecule has 0 aliphatic carbocycles. The second kappa shape index (κ2) is 9.04. The van der Waals surface area contributed by atoms with E-state index in [2.05, 4.69) is 5.32 Å². The van der Waals surface area contributed by atoms with Crippen LogP contribution in [0.25, 0.3) is 0 Å². The van der Waals surface area contributed by atoms with E-state index in [1.165, 1.54) is 0 Å². The minimum absolute atomic E-state index is 0.0512. The van der Waals surface area contributed by atoms with Gasteiger partial charge in [0.05, 0.1) is 6.10 Å². The van der Waals surface area contributed by atoms with Gasteiger partial charge in [0.15, 0.2) is 0 Å². The zero-order valence-electron chi connectivity index (χ0n) is 14.3. The van der Waals surface area contributed by atoms with Crippen LogP contribution in [0.5, 0.6) is 0 Å². The minimum atomic E-state index is -0.533. The number of hydrogen-bond donors (Lipinski definition) is 1. The second-order valence-corrected chi connectivity index (χ2v) is 6.49. The molecule has 0 bridgehead atoms. The molecule has 6 heteroatoms. The number of benzene rings is 1. The maximum Gasteiger partial charge on any atom is 0.242 e. The molecule has 2 rings (SSSR count). The summed E-state index contributed by atoms with van der Waals surface area (Å²) in [7, 11) is 0. The van der Waals surface area contributed by atoms with Crippen LogP contribution in [0.2, 0.25) is 5.02 Å². The van der Waals surface area contributed by atoms with E-state index in [1.54, 1.807) is 30.9 Å². The van der Waals surface area contributed by atoms with Gasteiger partial charge in [-0.1, -0.05) is 30.7 Å². The van der Waals surface area contributed by atoms with Gasteiger partial charge in [-0.2, -0.15) is 0 Å². The lowest BCUT2D eigenvalue weighted by atomic mass is 10.1. The first-order valence-electron chi connectivity index (χ1n) is 8.44. The Labute approximate surface area is 148 Å². The molecule has 0 saturated carbocycles. The number of amides is 2. The summed E-state index contributed by atoms with van der Waals surface area (Å²) in [6, 6.07) is 6.78. The van der Waals surface area contributed by atoms with Crippen molar-refractivity contribution in [3.63, 3.8) is 0 Å². The van der Waals surface area contributed by atoms with Crippen LogP contribution in [0, 0.1) is 0 Å². The fourth-order valence-corrected chi connectivity index (χ4v) is 2.87. The zero-order valence-corrected chi connectivity index (χ0v) is 15.0. The third-order valence-corrected chi connectivity index (χ3v) is 4.52. The lowest BCUT2D eigenvalue weighted by Gasteiger charge is -2.28. The lowest BCUT2D eigenvalue weighted by molar-refractivity contribution is -0.140. The van der Waals surface area contributed by atoms with Gasteiger partial charge in [0.1, 0.15) is 6.04 Å². The summed E-state index contributed by atoms with van der Waals surface area (Å²) < 4.78 is 5.51. The van der Waals surface area contributed by atoms with Gasteiger partial charge in [0.2, 0.25) is 11.8 Å². The van der Waals surface area contributed by atoms with Crippen molar-refractivity contribution in [1.29, 1.82) is 0 Å². The quantitative estimate of drug-likeness (QED) is 0.820. The van der Waals surface area contributed by atoms with E-state index in [0.29, 0.717) is 24.5 Å².